The molecule has 1 aromatic rings. The van der Waals surface area contributed by atoms with E-state index in [0.717, 1.165) is 6.54 Å². The van der Waals surface area contributed by atoms with Crippen LogP contribution in [0.1, 0.15) is 55.5 Å². The second-order valence-corrected chi connectivity index (χ2v) is 5.22. The standard InChI is InChI=1S/C13H23N3/c1-9(2)13-10(3)12(15-16(13)4)11-6-5-7-14-8-11/h9,11,14H,5-8H2,1-4H3. The molecule has 1 unspecified atom stereocenters. The smallest absolute Gasteiger partial charge is 0.0700 e. The molecule has 0 amide bonds. The van der Waals surface area contributed by atoms with Gasteiger partial charge in [-0.05, 0) is 37.8 Å². The van der Waals surface area contributed by atoms with Gasteiger partial charge in [0.25, 0.3) is 0 Å². The highest BCUT2D eigenvalue weighted by molar-refractivity contribution is 5.30. The number of aryl methyl sites for hydroxylation is 1. The Morgan fingerprint density at radius 2 is 2.19 bits per heavy atom. The molecule has 3 nitrogen and oxygen atoms in total. The lowest BCUT2D eigenvalue weighted by Gasteiger charge is -2.21. The van der Waals surface area contributed by atoms with E-state index in [1.165, 1.54) is 36.3 Å². The van der Waals surface area contributed by atoms with E-state index in [-0.39, 0.29) is 0 Å². The monoisotopic (exact) mass is 221 g/mol. The van der Waals surface area contributed by atoms with Crippen molar-refractivity contribution in [2.24, 2.45) is 7.05 Å². The third-order valence-corrected chi connectivity index (χ3v) is 3.61. The maximum atomic E-state index is 4.73. The number of rotatable bonds is 2. The highest BCUT2D eigenvalue weighted by Gasteiger charge is 2.23. The summed E-state index contributed by atoms with van der Waals surface area (Å²) in [4.78, 5) is 0. The predicted molar refractivity (Wildman–Crippen MR) is 66.9 cm³/mol. The minimum atomic E-state index is 0.558. The molecular formula is C13H23N3. The van der Waals surface area contributed by atoms with Crippen molar-refractivity contribution in [3.05, 3.63) is 17.0 Å². The minimum Gasteiger partial charge on any atom is -0.316 e. The molecule has 1 aliphatic rings. The summed E-state index contributed by atoms with van der Waals surface area (Å²) >= 11 is 0. The van der Waals surface area contributed by atoms with Gasteiger partial charge in [0, 0.05) is 25.2 Å². The first-order valence-corrected chi connectivity index (χ1v) is 6.35. The zero-order chi connectivity index (χ0) is 11.7. The lowest BCUT2D eigenvalue weighted by molar-refractivity contribution is 0.450. The van der Waals surface area contributed by atoms with Crippen LogP contribution in [0.2, 0.25) is 0 Å². The summed E-state index contributed by atoms with van der Waals surface area (Å²) in [6.07, 6.45) is 2.56. The van der Waals surface area contributed by atoms with Crippen molar-refractivity contribution in [3.63, 3.8) is 0 Å². The molecule has 0 bridgehead atoms. The van der Waals surface area contributed by atoms with Gasteiger partial charge in [0.15, 0.2) is 0 Å². The minimum absolute atomic E-state index is 0.558. The SMILES string of the molecule is Cc1c(C2CCCNC2)nn(C)c1C(C)C. The van der Waals surface area contributed by atoms with Crippen LogP contribution in [0.5, 0.6) is 0 Å². The summed E-state index contributed by atoms with van der Waals surface area (Å²) < 4.78 is 2.07. The lowest BCUT2D eigenvalue weighted by Crippen LogP contribution is -2.29. The summed E-state index contributed by atoms with van der Waals surface area (Å²) in [7, 11) is 2.07. The van der Waals surface area contributed by atoms with Gasteiger partial charge in [0.2, 0.25) is 0 Å². The van der Waals surface area contributed by atoms with E-state index in [2.05, 4.69) is 37.8 Å². The molecule has 90 valence electrons. The molecule has 16 heavy (non-hydrogen) atoms. The van der Waals surface area contributed by atoms with Crippen LogP contribution in [0.25, 0.3) is 0 Å². The van der Waals surface area contributed by atoms with Gasteiger partial charge in [-0.2, -0.15) is 5.10 Å². The topological polar surface area (TPSA) is 29.9 Å². The average Bonchev–Trinajstić information content (AvgIpc) is 2.55. The number of nitrogens with one attached hydrogen (secondary N) is 1. The largest absolute Gasteiger partial charge is 0.316 e. The van der Waals surface area contributed by atoms with E-state index >= 15 is 0 Å². The van der Waals surface area contributed by atoms with E-state index in [0.29, 0.717) is 11.8 Å². The van der Waals surface area contributed by atoms with Crippen LogP contribution in [0.15, 0.2) is 0 Å². The molecular weight excluding hydrogens is 198 g/mol. The Hall–Kier alpha value is -0.830. The van der Waals surface area contributed by atoms with Crippen LogP contribution in [0.4, 0.5) is 0 Å². The molecule has 2 heterocycles. The third-order valence-electron chi connectivity index (χ3n) is 3.61. The lowest BCUT2D eigenvalue weighted by atomic mass is 9.92. The fraction of sp³-hybridized carbons (Fsp3) is 0.769. The molecule has 0 radical (unpaired) electrons. The van der Waals surface area contributed by atoms with Gasteiger partial charge in [-0.15, -0.1) is 0 Å². The maximum Gasteiger partial charge on any atom is 0.0700 e. The molecule has 0 spiro atoms. The van der Waals surface area contributed by atoms with Gasteiger partial charge in [-0.3, -0.25) is 4.68 Å². The highest BCUT2D eigenvalue weighted by Crippen LogP contribution is 2.29. The van der Waals surface area contributed by atoms with E-state index in [1.54, 1.807) is 0 Å². The summed E-state index contributed by atoms with van der Waals surface area (Å²) in [5.41, 5.74) is 4.12. The summed E-state index contributed by atoms with van der Waals surface area (Å²) in [5, 5.41) is 8.20. The number of aromatic nitrogens is 2. The molecule has 0 aromatic carbocycles. The Bertz CT molecular complexity index is 359. The van der Waals surface area contributed by atoms with Gasteiger partial charge < -0.3 is 5.32 Å². The van der Waals surface area contributed by atoms with Crippen LogP contribution in [-0.2, 0) is 7.05 Å². The Kier molecular flexibility index (Phi) is 3.33. The zero-order valence-corrected chi connectivity index (χ0v) is 10.9. The zero-order valence-electron chi connectivity index (χ0n) is 10.9. The van der Waals surface area contributed by atoms with Crippen LogP contribution in [0.3, 0.4) is 0 Å². The molecule has 2 rings (SSSR count). The Balaban J connectivity index is 2.30. The van der Waals surface area contributed by atoms with Crippen molar-refractivity contribution in [3.8, 4) is 0 Å². The third kappa shape index (κ3) is 2.01. The van der Waals surface area contributed by atoms with Gasteiger partial charge in [-0.1, -0.05) is 13.8 Å². The number of piperidine rings is 1. The molecule has 1 N–H and O–H groups in total. The number of nitrogens with zero attached hydrogens (tertiary/aromatic N) is 2. The van der Waals surface area contributed by atoms with Crippen molar-refractivity contribution in [2.75, 3.05) is 13.1 Å². The summed E-state index contributed by atoms with van der Waals surface area (Å²) in [6.45, 7) is 8.97. The molecule has 1 atom stereocenters. The van der Waals surface area contributed by atoms with Crippen molar-refractivity contribution >= 4 is 0 Å². The molecule has 1 saturated heterocycles. The summed E-state index contributed by atoms with van der Waals surface area (Å²) in [5.74, 6) is 1.18. The second-order valence-electron chi connectivity index (χ2n) is 5.22. The normalized spacial score (nSPS) is 21.7. The fourth-order valence-corrected chi connectivity index (χ4v) is 2.94. The van der Waals surface area contributed by atoms with E-state index in [1.807, 2.05) is 0 Å². The Morgan fingerprint density at radius 3 is 2.69 bits per heavy atom. The predicted octanol–water partition coefficient (Wildman–Crippen LogP) is 2.32. The quantitative estimate of drug-likeness (QED) is 0.830. The van der Waals surface area contributed by atoms with E-state index < -0.39 is 0 Å². The second kappa shape index (κ2) is 4.58. The van der Waals surface area contributed by atoms with E-state index in [9.17, 15) is 0 Å². The first-order valence-electron chi connectivity index (χ1n) is 6.35. The van der Waals surface area contributed by atoms with Crippen LogP contribution in [-0.4, -0.2) is 22.9 Å². The number of hydrogen-bond donors (Lipinski definition) is 1. The van der Waals surface area contributed by atoms with Gasteiger partial charge in [0.05, 0.1) is 5.69 Å². The first kappa shape index (κ1) is 11.6. The Labute approximate surface area is 98.2 Å². The van der Waals surface area contributed by atoms with Gasteiger partial charge >= 0.3 is 0 Å². The molecule has 0 aliphatic carbocycles. The van der Waals surface area contributed by atoms with Crippen LogP contribution in [0, 0.1) is 6.92 Å². The van der Waals surface area contributed by atoms with Gasteiger partial charge in [-0.25, -0.2) is 0 Å². The summed E-state index contributed by atoms with van der Waals surface area (Å²) in [6, 6.07) is 0. The molecule has 3 heteroatoms. The van der Waals surface area contributed by atoms with Crippen LogP contribution < -0.4 is 5.32 Å². The average molecular weight is 221 g/mol. The van der Waals surface area contributed by atoms with Crippen molar-refractivity contribution in [2.45, 2.75) is 45.4 Å². The van der Waals surface area contributed by atoms with Crippen molar-refractivity contribution in [1.82, 2.24) is 15.1 Å². The molecule has 1 aliphatic heterocycles. The molecule has 1 aromatic heterocycles. The fourth-order valence-electron chi connectivity index (χ4n) is 2.94. The molecule has 1 fully saturated rings. The van der Waals surface area contributed by atoms with E-state index in [4.69, 9.17) is 5.10 Å². The van der Waals surface area contributed by atoms with Crippen LogP contribution >= 0.6 is 0 Å². The maximum absolute atomic E-state index is 4.73. The number of hydrogen-bond acceptors (Lipinski definition) is 2. The first-order chi connectivity index (χ1) is 7.61. The van der Waals surface area contributed by atoms with Crippen molar-refractivity contribution in [1.29, 1.82) is 0 Å². The Morgan fingerprint density at radius 1 is 1.44 bits per heavy atom. The molecule has 0 saturated carbocycles. The highest BCUT2D eigenvalue weighted by atomic mass is 15.3. The van der Waals surface area contributed by atoms with Gasteiger partial charge in [0.1, 0.15) is 0 Å². The van der Waals surface area contributed by atoms with Crippen molar-refractivity contribution < 1.29 is 0 Å².